The third-order valence-electron chi connectivity index (χ3n) is 14.7. The molecule has 9 heteroatoms. The number of esters is 2. The lowest BCUT2D eigenvalue weighted by Crippen LogP contribution is -2.40. The largest absolute Gasteiger partial charge is 0.477 e. The molecule has 0 radical (unpaired) electrons. The summed E-state index contributed by atoms with van der Waals surface area (Å²) in [6.45, 7) is 4.69. The van der Waals surface area contributed by atoms with Gasteiger partial charge >= 0.3 is 17.9 Å². The predicted octanol–water partition coefficient (Wildman–Crippen LogP) is 21.6. The van der Waals surface area contributed by atoms with Crippen molar-refractivity contribution in [3.05, 3.63) is 122 Å². The molecule has 0 rings (SSSR count). The first-order valence-electron chi connectivity index (χ1n) is 34.7. The number of carbonyl (C=O) groups is 3. The molecule has 0 aromatic heterocycles. The van der Waals surface area contributed by atoms with Crippen molar-refractivity contribution < 1.29 is 42.9 Å². The van der Waals surface area contributed by atoms with Crippen LogP contribution in [0.25, 0.3) is 0 Å². The molecule has 85 heavy (non-hydrogen) atoms. The molecule has 0 saturated carbocycles. The molecule has 0 spiro atoms. The number of hydrogen-bond donors (Lipinski definition) is 1. The van der Waals surface area contributed by atoms with Crippen LogP contribution in [0.15, 0.2) is 122 Å². The molecule has 2 unspecified atom stereocenters. The third-order valence-corrected chi connectivity index (χ3v) is 14.7. The highest BCUT2D eigenvalue weighted by Crippen LogP contribution is 2.17. The Morgan fingerprint density at radius 1 is 0.365 bits per heavy atom. The van der Waals surface area contributed by atoms with Crippen LogP contribution < -0.4 is 0 Å². The van der Waals surface area contributed by atoms with Crippen molar-refractivity contribution in [1.29, 1.82) is 0 Å². The van der Waals surface area contributed by atoms with Crippen molar-refractivity contribution in [3.63, 3.8) is 0 Å². The number of rotatable bonds is 63. The van der Waals surface area contributed by atoms with E-state index >= 15 is 0 Å². The van der Waals surface area contributed by atoms with Gasteiger partial charge in [0, 0.05) is 12.8 Å². The number of allylic oxidation sites excluding steroid dienone is 20. The summed E-state index contributed by atoms with van der Waals surface area (Å²) in [4.78, 5) is 37.5. The maximum absolute atomic E-state index is 12.9. The summed E-state index contributed by atoms with van der Waals surface area (Å²) >= 11 is 0. The van der Waals surface area contributed by atoms with Crippen molar-refractivity contribution in [2.45, 2.75) is 296 Å². The minimum Gasteiger partial charge on any atom is -0.477 e. The van der Waals surface area contributed by atoms with E-state index in [0.717, 1.165) is 77.0 Å². The number of aliphatic carboxylic acids is 1. The summed E-state index contributed by atoms with van der Waals surface area (Å²) < 4.78 is 22.9. The summed E-state index contributed by atoms with van der Waals surface area (Å²) in [6, 6.07) is 0. The van der Waals surface area contributed by atoms with Gasteiger partial charge in [-0.05, 0) is 103 Å². The first kappa shape index (κ1) is 80.7. The van der Waals surface area contributed by atoms with Crippen LogP contribution in [-0.2, 0) is 33.3 Å². The zero-order valence-corrected chi connectivity index (χ0v) is 55.5. The molecular formula is C76H130NO8+. The molecule has 0 saturated heterocycles. The lowest BCUT2D eigenvalue weighted by molar-refractivity contribution is -0.870. The molecule has 0 bridgehead atoms. The summed E-state index contributed by atoms with van der Waals surface area (Å²) in [5.41, 5.74) is 0. The van der Waals surface area contributed by atoms with E-state index in [4.69, 9.17) is 18.9 Å². The highest BCUT2D eigenvalue weighted by Gasteiger charge is 2.25. The van der Waals surface area contributed by atoms with Crippen LogP contribution in [0, 0.1) is 0 Å². The van der Waals surface area contributed by atoms with Gasteiger partial charge in [-0.15, -0.1) is 0 Å². The fraction of sp³-hybridized carbons (Fsp3) is 0.697. The monoisotopic (exact) mass is 1180 g/mol. The molecule has 0 aliphatic heterocycles. The summed E-state index contributed by atoms with van der Waals surface area (Å²) in [7, 11) is 5.95. The van der Waals surface area contributed by atoms with Crippen LogP contribution in [0.5, 0.6) is 0 Å². The second-order valence-corrected chi connectivity index (χ2v) is 24.1. The Morgan fingerprint density at radius 2 is 0.682 bits per heavy atom. The van der Waals surface area contributed by atoms with Crippen LogP contribution in [0.2, 0.25) is 0 Å². The Bertz CT molecular complexity index is 1810. The quantitative estimate of drug-likeness (QED) is 0.0211. The number of likely N-dealkylation sites (N-methyl/N-ethyl adjacent to an activating group) is 1. The van der Waals surface area contributed by atoms with Crippen LogP contribution in [0.4, 0.5) is 0 Å². The molecule has 0 aromatic rings. The lowest BCUT2D eigenvalue weighted by Gasteiger charge is -2.25. The standard InChI is InChI=1S/C76H129NO8/c1-6-8-10-12-14-16-18-20-22-24-26-28-30-31-32-33-34-35-36-37-38-39-40-41-42-43-45-46-48-50-52-54-56-58-60-62-64-66-73(78)83-70-72(71-84-76(75(80)81)82-69-68-77(3,4)5)85-74(79)67-65-63-61-59-57-55-53-51-49-47-44-29-27-25-23-21-19-17-15-13-11-9-7-2/h9,11,15,17-18,20-21,23-24,26-27,29-31,47,49,53,55,59,61,72,76H,6-8,10,12-14,16,19,22,25,28,32-46,48,50-52,54,56-58,60,62-71H2,1-5H3/p+1/b11-9-,17-15-,20-18-,23-21-,26-24-,29-27-,31-30-,49-47-,55-53-,61-59-. The average molecular weight is 1190 g/mol. The molecule has 0 aliphatic rings. The van der Waals surface area contributed by atoms with Crippen LogP contribution in [0.3, 0.4) is 0 Å². The van der Waals surface area contributed by atoms with Gasteiger partial charge < -0.3 is 28.5 Å². The Kier molecular flexibility index (Phi) is 62.3. The Morgan fingerprint density at radius 3 is 1.04 bits per heavy atom. The molecular weight excluding hydrogens is 1050 g/mol. The van der Waals surface area contributed by atoms with E-state index in [2.05, 4.69) is 135 Å². The third kappa shape index (κ3) is 67.1. The molecule has 1 N–H and O–H groups in total. The van der Waals surface area contributed by atoms with E-state index in [0.29, 0.717) is 23.9 Å². The van der Waals surface area contributed by atoms with Gasteiger partial charge in [0.15, 0.2) is 6.10 Å². The van der Waals surface area contributed by atoms with Gasteiger partial charge in [-0.3, -0.25) is 9.59 Å². The number of carbonyl (C=O) groups excluding carboxylic acids is 2. The van der Waals surface area contributed by atoms with E-state index in [-0.39, 0.29) is 38.6 Å². The van der Waals surface area contributed by atoms with Gasteiger partial charge in [0.25, 0.3) is 6.29 Å². The molecule has 0 amide bonds. The fourth-order valence-electron chi connectivity index (χ4n) is 9.42. The van der Waals surface area contributed by atoms with Crippen LogP contribution in [-0.4, -0.2) is 87.4 Å². The maximum Gasteiger partial charge on any atom is 0.361 e. The molecule has 0 aromatic carbocycles. The first-order valence-corrected chi connectivity index (χ1v) is 34.7. The van der Waals surface area contributed by atoms with E-state index in [9.17, 15) is 19.5 Å². The molecule has 0 heterocycles. The zero-order chi connectivity index (χ0) is 61.9. The molecule has 0 aliphatic carbocycles. The topological polar surface area (TPSA) is 108 Å². The SMILES string of the molecule is CC/C=C\C/C=C\C/C=C\C/C=C\C/C=C\C/C=C\C/C=C\CCCC(=O)OC(COC(=O)CCCCCCCCCCCCCCCCCCCCCCCC/C=C\C/C=C\C/C=C\CCCCCCC)COC(OCC[N+](C)(C)C)C(=O)O. The minimum atomic E-state index is -1.53. The van der Waals surface area contributed by atoms with Crippen LogP contribution >= 0.6 is 0 Å². The van der Waals surface area contributed by atoms with Gasteiger partial charge in [0.1, 0.15) is 13.2 Å². The Hall–Kier alpha value is -4.31. The lowest BCUT2D eigenvalue weighted by atomic mass is 10.0. The number of quaternary nitrogens is 1. The highest BCUT2D eigenvalue weighted by atomic mass is 16.7. The fourth-order valence-corrected chi connectivity index (χ4v) is 9.42. The number of hydrogen-bond acceptors (Lipinski definition) is 7. The van der Waals surface area contributed by atoms with E-state index in [1.54, 1.807) is 0 Å². The average Bonchev–Trinajstić information content (AvgIpc) is 3.49. The second kappa shape index (κ2) is 65.7. The van der Waals surface area contributed by atoms with Crippen molar-refractivity contribution in [2.24, 2.45) is 0 Å². The minimum absolute atomic E-state index is 0.172. The number of carboxylic acid groups (broad SMARTS) is 1. The van der Waals surface area contributed by atoms with Gasteiger partial charge in [-0.2, -0.15) is 0 Å². The first-order chi connectivity index (χ1) is 41.6. The van der Waals surface area contributed by atoms with Gasteiger partial charge in [0.05, 0.1) is 34.4 Å². The molecule has 9 nitrogen and oxygen atoms in total. The van der Waals surface area contributed by atoms with E-state index in [1.165, 1.54) is 167 Å². The normalized spacial score (nSPS) is 13.5. The Labute approximate surface area is 523 Å². The number of unbranched alkanes of at least 4 members (excludes halogenated alkanes) is 28. The number of ether oxygens (including phenoxy) is 4. The number of nitrogens with zero attached hydrogens (tertiary/aromatic N) is 1. The van der Waals surface area contributed by atoms with Crippen molar-refractivity contribution in [2.75, 3.05) is 47.5 Å². The summed E-state index contributed by atoms with van der Waals surface area (Å²) in [5, 5.41) is 9.73. The summed E-state index contributed by atoms with van der Waals surface area (Å²) in [6.07, 6.45) is 90.5. The van der Waals surface area contributed by atoms with E-state index < -0.39 is 24.3 Å². The number of carboxylic acids is 1. The smallest absolute Gasteiger partial charge is 0.361 e. The van der Waals surface area contributed by atoms with Gasteiger partial charge in [-0.1, -0.05) is 289 Å². The highest BCUT2D eigenvalue weighted by molar-refractivity contribution is 5.71. The molecule has 486 valence electrons. The summed E-state index contributed by atoms with van der Waals surface area (Å²) in [5.74, 6) is -2.09. The van der Waals surface area contributed by atoms with Crippen LogP contribution in [0.1, 0.15) is 284 Å². The second-order valence-electron chi connectivity index (χ2n) is 24.1. The zero-order valence-electron chi connectivity index (χ0n) is 55.5. The van der Waals surface area contributed by atoms with E-state index in [1.807, 2.05) is 21.1 Å². The van der Waals surface area contributed by atoms with Gasteiger partial charge in [0.2, 0.25) is 0 Å². The van der Waals surface area contributed by atoms with Crippen molar-refractivity contribution in [1.82, 2.24) is 0 Å². The Balaban J connectivity index is 4.12. The molecule has 0 fully saturated rings. The maximum atomic E-state index is 12.9. The van der Waals surface area contributed by atoms with Gasteiger partial charge in [-0.25, -0.2) is 4.79 Å². The van der Waals surface area contributed by atoms with Crippen molar-refractivity contribution in [3.8, 4) is 0 Å². The molecule has 2 atom stereocenters. The predicted molar refractivity (Wildman–Crippen MR) is 364 cm³/mol. The van der Waals surface area contributed by atoms with Crippen molar-refractivity contribution >= 4 is 17.9 Å².